The zero-order valence-electron chi connectivity index (χ0n) is 8.37. The molecule has 0 aliphatic carbocycles. The summed E-state index contributed by atoms with van der Waals surface area (Å²) in [5.74, 6) is 0.525. The van der Waals surface area contributed by atoms with E-state index in [1.165, 1.54) is 0 Å². The molecule has 5 heteroatoms. The Hall–Kier alpha value is -0.480. The van der Waals surface area contributed by atoms with Crippen molar-refractivity contribution in [1.29, 1.82) is 0 Å². The van der Waals surface area contributed by atoms with E-state index < -0.39 is 0 Å². The number of halogens is 2. The van der Waals surface area contributed by atoms with Gasteiger partial charge in [-0.15, -0.1) is 0 Å². The van der Waals surface area contributed by atoms with Gasteiger partial charge in [0.1, 0.15) is 11.9 Å². The third kappa shape index (κ3) is 3.87. The molecular formula is C10H13Cl2NO2. The average molecular weight is 250 g/mol. The third-order valence-electron chi connectivity index (χ3n) is 1.80. The van der Waals surface area contributed by atoms with E-state index in [0.29, 0.717) is 28.9 Å². The monoisotopic (exact) mass is 249 g/mol. The summed E-state index contributed by atoms with van der Waals surface area (Å²) in [7, 11) is 1.59. The molecule has 0 aliphatic rings. The summed E-state index contributed by atoms with van der Waals surface area (Å²) in [5, 5.41) is 1.08. The highest BCUT2D eigenvalue weighted by molar-refractivity contribution is 6.34. The van der Waals surface area contributed by atoms with Crippen LogP contribution in [0.15, 0.2) is 18.2 Å². The van der Waals surface area contributed by atoms with E-state index in [4.69, 9.17) is 38.4 Å². The van der Waals surface area contributed by atoms with Crippen LogP contribution in [0.2, 0.25) is 10.0 Å². The lowest BCUT2D eigenvalue weighted by Gasteiger charge is -2.17. The molecule has 84 valence electrons. The van der Waals surface area contributed by atoms with Gasteiger partial charge in [-0.05, 0) is 12.1 Å². The largest absolute Gasteiger partial charge is 0.485 e. The molecule has 0 fully saturated rings. The van der Waals surface area contributed by atoms with Crippen molar-refractivity contribution in [2.24, 2.45) is 5.73 Å². The first-order chi connectivity index (χ1) is 7.17. The quantitative estimate of drug-likeness (QED) is 0.872. The number of rotatable bonds is 5. The molecule has 0 saturated carbocycles. The number of methoxy groups -OCH3 is 1. The molecule has 15 heavy (non-hydrogen) atoms. The average Bonchev–Trinajstić information content (AvgIpc) is 2.22. The lowest BCUT2D eigenvalue weighted by molar-refractivity contribution is 0.0861. The van der Waals surface area contributed by atoms with Crippen molar-refractivity contribution in [3.8, 4) is 5.75 Å². The normalized spacial score (nSPS) is 12.5. The van der Waals surface area contributed by atoms with Gasteiger partial charge in [0, 0.05) is 24.7 Å². The fourth-order valence-corrected chi connectivity index (χ4v) is 1.41. The lowest BCUT2D eigenvalue weighted by Crippen LogP contribution is -2.31. The second-order valence-electron chi connectivity index (χ2n) is 3.01. The fourth-order valence-electron chi connectivity index (χ4n) is 1.08. The highest BCUT2D eigenvalue weighted by Crippen LogP contribution is 2.28. The number of hydrogen-bond acceptors (Lipinski definition) is 3. The second-order valence-corrected chi connectivity index (χ2v) is 3.85. The number of hydrogen-bond donors (Lipinski definition) is 1. The van der Waals surface area contributed by atoms with Crippen molar-refractivity contribution in [3.05, 3.63) is 28.2 Å². The molecule has 1 rings (SSSR count). The van der Waals surface area contributed by atoms with Gasteiger partial charge in [-0.25, -0.2) is 0 Å². The molecule has 1 aromatic rings. The van der Waals surface area contributed by atoms with E-state index in [1.54, 1.807) is 25.3 Å². The molecule has 1 atom stereocenters. The van der Waals surface area contributed by atoms with Gasteiger partial charge in [0.15, 0.2) is 0 Å². The Kier molecular flexibility index (Phi) is 5.19. The molecule has 0 spiro atoms. The molecule has 2 N–H and O–H groups in total. The minimum absolute atomic E-state index is 0.217. The first-order valence-electron chi connectivity index (χ1n) is 4.48. The molecule has 0 aliphatic heterocycles. The predicted molar refractivity (Wildman–Crippen MR) is 61.8 cm³/mol. The summed E-state index contributed by atoms with van der Waals surface area (Å²) >= 11 is 11.8. The highest BCUT2D eigenvalue weighted by Gasteiger charge is 2.10. The minimum atomic E-state index is -0.217. The van der Waals surface area contributed by atoms with Crippen LogP contribution in [0.1, 0.15) is 0 Å². The van der Waals surface area contributed by atoms with Gasteiger partial charge in [-0.2, -0.15) is 0 Å². The van der Waals surface area contributed by atoms with Crippen LogP contribution >= 0.6 is 23.2 Å². The molecule has 1 aromatic carbocycles. The summed E-state index contributed by atoms with van der Waals surface area (Å²) in [6.45, 7) is 0.774. The van der Waals surface area contributed by atoms with Crippen LogP contribution < -0.4 is 10.5 Å². The van der Waals surface area contributed by atoms with Crippen molar-refractivity contribution < 1.29 is 9.47 Å². The van der Waals surface area contributed by atoms with Crippen molar-refractivity contribution in [3.63, 3.8) is 0 Å². The van der Waals surface area contributed by atoms with Crippen LogP contribution in [0.25, 0.3) is 0 Å². The van der Waals surface area contributed by atoms with E-state index in [-0.39, 0.29) is 6.10 Å². The van der Waals surface area contributed by atoms with Crippen molar-refractivity contribution in [1.82, 2.24) is 0 Å². The van der Waals surface area contributed by atoms with Crippen LogP contribution in [-0.4, -0.2) is 26.4 Å². The Labute approximate surface area is 99.1 Å². The molecular weight excluding hydrogens is 237 g/mol. The van der Waals surface area contributed by atoms with Crippen molar-refractivity contribution in [2.45, 2.75) is 6.10 Å². The Bertz CT molecular complexity index is 320. The zero-order chi connectivity index (χ0) is 11.3. The molecule has 3 nitrogen and oxygen atoms in total. The third-order valence-corrected chi connectivity index (χ3v) is 2.35. The molecule has 0 heterocycles. The molecule has 0 amide bonds. The zero-order valence-corrected chi connectivity index (χ0v) is 9.89. The minimum Gasteiger partial charge on any atom is -0.485 e. The van der Waals surface area contributed by atoms with Crippen molar-refractivity contribution in [2.75, 3.05) is 20.3 Å². The van der Waals surface area contributed by atoms with Crippen LogP contribution in [0.3, 0.4) is 0 Å². The van der Waals surface area contributed by atoms with E-state index >= 15 is 0 Å². The number of nitrogens with two attached hydrogens (primary N) is 1. The number of ether oxygens (including phenoxy) is 2. The maximum atomic E-state index is 5.93. The molecule has 1 unspecified atom stereocenters. The van der Waals surface area contributed by atoms with Gasteiger partial charge < -0.3 is 15.2 Å². The van der Waals surface area contributed by atoms with Gasteiger partial charge in [-0.1, -0.05) is 23.2 Å². The summed E-state index contributed by atoms with van der Waals surface area (Å²) in [5.41, 5.74) is 5.51. The van der Waals surface area contributed by atoms with Crippen molar-refractivity contribution >= 4 is 23.2 Å². The fraction of sp³-hybridized carbons (Fsp3) is 0.400. The standard InChI is InChI=1S/C10H13Cl2NO2/c1-14-6-8(5-13)15-10-4-7(11)2-3-9(10)12/h2-4,8H,5-6,13H2,1H3. The smallest absolute Gasteiger partial charge is 0.139 e. The van der Waals surface area contributed by atoms with Gasteiger partial charge >= 0.3 is 0 Å². The maximum Gasteiger partial charge on any atom is 0.139 e. The summed E-state index contributed by atoms with van der Waals surface area (Å²) in [4.78, 5) is 0. The van der Waals surface area contributed by atoms with Gasteiger partial charge in [0.2, 0.25) is 0 Å². The first kappa shape index (κ1) is 12.6. The van der Waals surface area contributed by atoms with E-state index in [0.717, 1.165) is 0 Å². The predicted octanol–water partition coefficient (Wildman–Crippen LogP) is 2.35. The van der Waals surface area contributed by atoms with E-state index in [1.807, 2.05) is 0 Å². The highest BCUT2D eigenvalue weighted by atomic mass is 35.5. The Balaban J connectivity index is 2.73. The van der Waals surface area contributed by atoms with Crippen LogP contribution in [-0.2, 0) is 4.74 Å². The van der Waals surface area contributed by atoms with E-state index in [2.05, 4.69) is 0 Å². The van der Waals surface area contributed by atoms with Gasteiger partial charge in [-0.3, -0.25) is 0 Å². The Morgan fingerprint density at radius 3 is 2.73 bits per heavy atom. The summed E-state index contributed by atoms with van der Waals surface area (Å²) in [6.07, 6.45) is -0.217. The lowest BCUT2D eigenvalue weighted by atomic mass is 10.3. The maximum absolute atomic E-state index is 5.93. The number of benzene rings is 1. The molecule has 0 aromatic heterocycles. The van der Waals surface area contributed by atoms with E-state index in [9.17, 15) is 0 Å². The SMILES string of the molecule is COCC(CN)Oc1cc(Cl)ccc1Cl. The van der Waals surface area contributed by atoms with Gasteiger partial charge in [0.25, 0.3) is 0 Å². The van der Waals surface area contributed by atoms with Gasteiger partial charge in [0.05, 0.1) is 11.6 Å². The van der Waals surface area contributed by atoms with Crippen LogP contribution in [0.5, 0.6) is 5.75 Å². The molecule has 0 saturated heterocycles. The topological polar surface area (TPSA) is 44.5 Å². The van der Waals surface area contributed by atoms with Crippen LogP contribution in [0, 0.1) is 0 Å². The first-order valence-corrected chi connectivity index (χ1v) is 5.23. The second kappa shape index (κ2) is 6.18. The van der Waals surface area contributed by atoms with Crippen LogP contribution in [0.4, 0.5) is 0 Å². The summed E-state index contributed by atoms with van der Waals surface area (Å²) < 4.78 is 10.5. The Morgan fingerprint density at radius 2 is 2.13 bits per heavy atom. The molecule has 0 radical (unpaired) electrons. The summed E-state index contributed by atoms with van der Waals surface area (Å²) in [6, 6.07) is 5.03. The molecule has 0 bridgehead atoms. The Morgan fingerprint density at radius 1 is 1.40 bits per heavy atom.